The number of amides is 1. The highest BCUT2D eigenvalue weighted by Crippen LogP contribution is 2.17. The van der Waals surface area contributed by atoms with Crippen molar-refractivity contribution in [1.29, 1.82) is 0 Å². The van der Waals surface area contributed by atoms with E-state index in [1.54, 1.807) is 12.1 Å². The molecule has 1 amide bonds. The van der Waals surface area contributed by atoms with Crippen LogP contribution in [0.5, 0.6) is 0 Å². The first-order valence-corrected chi connectivity index (χ1v) is 6.67. The van der Waals surface area contributed by atoms with Gasteiger partial charge in [-0.3, -0.25) is 4.79 Å². The third-order valence-electron chi connectivity index (χ3n) is 3.16. The van der Waals surface area contributed by atoms with Gasteiger partial charge in [0.1, 0.15) is 6.20 Å². The number of hydrazone groups is 1. The van der Waals surface area contributed by atoms with Crippen molar-refractivity contribution in [3.63, 3.8) is 0 Å². The zero-order chi connectivity index (χ0) is 17.0. The van der Waals surface area contributed by atoms with Crippen molar-refractivity contribution in [2.24, 2.45) is 12.1 Å². The highest BCUT2D eigenvalue weighted by molar-refractivity contribution is 6.00. The molecule has 0 spiro atoms. The summed E-state index contributed by atoms with van der Waals surface area (Å²) in [6.45, 7) is 0. The van der Waals surface area contributed by atoms with Gasteiger partial charge in [0.2, 0.25) is 0 Å². The number of para-hydroxylation sites is 1. The summed E-state index contributed by atoms with van der Waals surface area (Å²) in [5, 5.41) is 14.5. The van der Waals surface area contributed by atoms with Crippen molar-refractivity contribution in [2.45, 2.75) is 0 Å². The fourth-order valence-corrected chi connectivity index (χ4v) is 1.97. The second kappa shape index (κ2) is 6.69. The lowest BCUT2D eigenvalue weighted by atomic mass is 10.1. The molecule has 0 bridgehead atoms. The van der Waals surface area contributed by atoms with Gasteiger partial charge in [-0.25, -0.2) is 9.99 Å². The predicted molar refractivity (Wildman–Crippen MR) is 85.7 cm³/mol. The third-order valence-corrected chi connectivity index (χ3v) is 3.16. The van der Waals surface area contributed by atoms with Crippen molar-refractivity contribution in [2.75, 3.05) is 19.0 Å². The molecule has 120 valence electrons. The lowest BCUT2D eigenvalue weighted by molar-refractivity contribution is -0.396. The average Bonchev–Trinajstić information content (AvgIpc) is 2.88. The van der Waals surface area contributed by atoms with Crippen molar-refractivity contribution in [3.8, 4) is 0 Å². The minimum atomic E-state index is -0.594. The highest BCUT2D eigenvalue weighted by atomic mass is 16.6. The topological polar surface area (TPSA) is 106 Å². The molecule has 0 aliphatic heterocycles. The van der Waals surface area contributed by atoms with Gasteiger partial charge < -0.3 is 15.0 Å². The van der Waals surface area contributed by atoms with Crippen molar-refractivity contribution >= 4 is 23.8 Å². The van der Waals surface area contributed by atoms with Crippen LogP contribution < -0.4 is 10.3 Å². The summed E-state index contributed by atoms with van der Waals surface area (Å²) in [6.07, 6.45) is 2.61. The maximum absolute atomic E-state index is 12.2. The third kappa shape index (κ3) is 3.51. The summed E-state index contributed by atoms with van der Waals surface area (Å²) in [6, 6.07) is 7.11. The van der Waals surface area contributed by atoms with E-state index >= 15 is 0 Å². The van der Waals surface area contributed by atoms with Gasteiger partial charge in [0.25, 0.3) is 5.91 Å². The SMILES string of the molecule is CN(C)c1ccccc1C(=O)N/N=C/c1cnc([N+](=O)[O-])n1C. The number of nitrogens with zero attached hydrogens (tertiary/aromatic N) is 5. The second-order valence-electron chi connectivity index (χ2n) is 4.91. The summed E-state index contributed by atoms with van der Waals surface area (Å²) in [7, 11) is 5.17. The zero-order valence-electron chi connectivity index (χ0n) is 12.9. The van der Waals surface area contributed by atoms with Crippen LogP contribution in [0.2, 0.25) is 0 Å². The number of rotatable bonds is 5. The number of hydrogen-bond acceptors (Lipinski definition) is 6. The molecule has 0 radical (unpaired) electrons. The minimum absolute atomic E-state index is 0.296. The summed E-state index contributed by atoms with van der Waals surface area (Å²) in [5.41, 5.74) is 4.04. The Kier molecular flexibility index (Phi) is 4.69. The van der Waals surface area contributed by atoms with Gasteiger partial charge in [0.15, 0.2) is 5.69 Å². The van der Waals surface area contributed by atoms with Gasteiger partial charge in [-0.05, 0) is 17.1 Å². The second-order valence-corrected chi connectivity index (χ2v) is 4.91. The number of carbonyl (C=O) groups excluding carboxylic acids is 1. The van der Waals surface area contributed by atoms with Crippen LogP contribution in [0.15, 0.2) is 35.6 Å². The Morgan fingerprint density at radius 1 is 1.43 bits per heavy atom. The number of benzene rings is 1. The molecule has 9 nitrogen and oxygen atoms in total. The fourth-order valence-electron chi connectivity index (χ4n) is 1.97. The summed E-state index contributed by atoms with van der Waals surface area (Å²) in [4.78, 5) is 27.8. The number of aromatic nitrogens is 2. The molecular formula is C14H16N6O3. The van der Waals surface area contributed by atoms with Crippen LogP contribution in [0.1, 0.15) is 16.1 Å². The lowest BCUT2D eigenvalue weighted by Gasteiger charge is -2.15. The monoisotopic (exact) mass is 316 g/mol. The van der Waals surface area contributed by atoms with Crippen molar-refractivity contribution in [1.82, 2.24) is 15.0 Å². The summed E-state index contributed by atoms with van der Waals surface area (Å²) < 4.78 is 1.27. The smallest absolute Gasteiger partial charge is 0.390 e. The van der Waals surface area contributed by atoms with Gasteiger partial charge >= 0.3 is 5.95 Å². The molecule has 1 aromatic heterocycles. The quantitative estimate of drug-likeness (QED) is 0.506. The number of hydrogen-bond donors (Lipinski definition) is 1. The van der Waals surface area contributed by atoms with Crippen LogP contribution >= 0.6 is 0 Å². The van der Waals surface area contributed by atoms with E-state index < -0.39 is 4.92 Å². The van der Waals surface area contributed by atoms with Crippen LogP contribution in [0.3, 0.4) is 0 Å². The van der Waals surface area contributed by atoms with Crippen LogP contribution in [0.4, 0.5) is 11.6 Å². The van der Waals surface area contributed by atoms with Crippen LogP contribution in [0, 0.1) is 10.1 Å². The molecular weight excluding hydrogens is 300 g/mol. The Morgan fingerprint density at radius 3 is 2.74 bits per heavy atom. The van der Waals surface area contributed by atoms with Crippen molar-refractivity contribution < 1.29 is 9.72 Å². The lowest BCUT2D eigenvalue weighted by Crippen LogP contribution is -2.21. The number of carbonyl (C=O) groups is 1. The molecule has 0 fully saturated rings. The average molecular weight is 316 g/mol. The highest BCUT2D eigenvalue weighted by Gasteiger charge is 2.16. The molecule has 0 unspecified atom stereocenters. The first kappa shape index (κ1) is 16.1. The van der Waals surface area contributed by atoms with E-state index in [2.05, 4.69) is 15.5 Å². The molecule has 0 aliphatic carbocycles. The maximum Gasteiger partial charge on any atom is 0.434 e. The van der Waals surface area contributed by atoms with E-state index in [0.29, 0.717) is 11.3 Å². The minimum Gasteiger partial charge on any atom is -0.390 e. The fraction of sp³-hybridized carbons (Fsp3) is 0.214. The molecule has 1 N–H and O–H groups in total. The summed E-state index contributed by atoms with van der Waals surface area (Å²) >= 11 is 0. The number of imidazole rings is 1. The van der Waals surface area contributed by atoms with E-state index in [4.69, 9.17) is 0 Å². The largest absolute Gasteiger partial charge is 0.434 e. The van der Waals surface area contributed by atoms with Gasteiger partial charge in [0, 0.05) is 19.8 Å². The van der Waals surface area contributed by atoms with Gasteiger partial charge in [-0.15, -0.1) is 0 Å². The number of anilines is 1. The van der Waals surface area contributed by atoms with E-state index in [1.165, 1.54) is 24.0 Å². The normalized spacial score (nSPS) is 10.7. The Morgan fingerprint density at radius 2 is 2.13 bits per heavy atom. The van der Waals surface area contributed by atoms with Gasteiger partial charge in [-0.1, -0.05) is 17.1 Å². The molecule has 0 aliphatic rings. The van der Waals surface area contributed by atoms with E-state index in [-0.39, 0.29) is 11.9 Å². The molecule has 1 aromatic carbocycles. The Bertz CT molecular complexity index is 766. The van der Waals surface area contributed by atoms with Gasteiger partial charge in [0.05, 0.1) is 18.8 Å². The Balaban J connectivity index is 2.12. The Labute approximate surface area is 132 Å². The molecule has 0 atom stereocenters. The van der Waals surface area contributed by atoms with Crippen LogP contribution in [0.25, 0.3) is 0 Å². The van der Waals surface area contributed by atoms with E-state index in [1.807, 2.05) is 31.1 Å². The number of nitro groups is 1. The predicted octanol–water partition coefficient (Wildman–Crippen LogP) is 1.16. The van der Waals surface area contributed by atoms with Crippen LogP contribution in [-0.4, -0.2) is 40.7 Å². The molecule has 23 heavy (non-hydrogen) atoms. The van der Waals surface area contributed by atoms with E-state index in [0.717, 1.165) is 5.69 Å². The molecule has 2 rings (SSSR count). The molecule has 0 saturated heterocycles. The van der Waals surface area contributed by atoms with E-state index in [9.17, 15) is 14.9 Å². The standard InChI is InChI=1S/C14H16N6O3/c1-18(2)12-7-5-4-6-11(12)13(21)17-16-9-10-8-15-14(19(10)3)20(22)23/h4-9H,1-3H3,(H,17,21)/b16-9+. The zero-order valence-corrected chi connectivity index (χ0v) is 12.9. The van der Waals surface area contributed by atoms with Crippen LogP contribution in [-0.2, 0) is 7.05 Å². The molecule has 1 heterocycles. The van der Waals surface area contributed by atoms with Crippen molar-refractivity contribution in [3.05, 3.63) is 51.8 Å². The summed E-state index contributed by atoms with van der Waals surface area (Å²) in [5.74, 6) is -0.669. The first-order valence-electron chi connectivity index (χ1n) is 6.67. The van der Waals surface area contributed by atoms with Gasteiger partial charge in [-0.2, -0.15) is 5.10 Å². The first-order chi connectivity index (χ1) is 10.9. The Hall–Kier alpha value is -3.23. The maximum atomic E-state index is 12.2. The number of nitrogens with one attached hydrogen (secondary N) is 1. The molecule has 9 heteroatoms. The molecule has 0 saturated carbocycles. The molecule has 2 aromatic rings.